The van der Waals surface area contributed by atoms with Gasteiger partial charge in [-0.25, -0.2) is 0 Å². The Bertz CT molecular complexity index is 1260. The molecule has 0 aliphatic carbocycles. The van der Waals surface area contributed by atoms with E-state index in [0.717, 1.165) is 11.4 Å². The number of hydrogen-bond donors (Lipinski definition) is 1. The molecule has 0 bridgehead atoms. The van der Waals surface area contributed by atoms with Crippen LogP contribution in [0, 0.1) is 0 Å². The van der Waals surface area contributed by atoms with Crippen LogP contribution >= 0.6 is 0 Å². The second-order valence-electron chi connectivity index (χ2n) is 6.58. The highest BCUT2D eigenvalue weighted by atomic mass is 16.5. The molecule has 0 radical (unpaired) electrons. The van der Waals surface area contributed by atoms with Crippen molar-refractivity contribution >= 4 is 22.3 Å². The Morgan fingerprint density at radius 3 is 2.37 bits per heavy atom. The number of methoxy groups -OCH3 is 3. The third kappa shape index (κ3) is 3.55. The van der Waals surface area contributed by atoms with Crippen LogP contribution in [0.25, 0.3) is 22.1 Å². The molecule has 4 aromatic rings. The second kappa shape index (κ2) is 8.21. The van der Waals surface area contributed by atoms with Gasteiger partial charge in [0.1, 0.15) is 29.1 Å². The zero-order valence-corrected chi connectivity index (χ0v) is 16.9. The fourth-order valence-electron chi connectivity index (χ4n) is 3.32. The van der Waals surface area contributed by atoms with Gasteiger partial charge < -0.3 is 23.9 Å². The molecular formula is C24H21NO5. The molecule has 0 unspecified atom stereocenters. The lowest BCUT2D eigenvalue weighted by Gasteiger charge is -2.13. The van der Waals surface area contributed by atoms with Gasteiger partial charge in [0, 0.05) is 23.4 Å². The highest BCUT2D eigenvalue weighted by molar-refractivity contribution is 5.86. The van der Waals surface area contributed by atoms with E-state index in [9.17, 15) is 4.79 Å². The van der Waals surface area contributed by atoms with Crippen molar-refractivity contribution in [3.05, 3.63) is 77.2 Å². The third-order valence-corrected chi connectivity index (χ3v) is 4.86. The van der Waals surface area contributed by atoms with Gasteiger partial charge in [-0.3, -0.25) is 4.79 Å². The molecule has 1 heterocycles. The maximum absolute atomic E-state index is 13.1. The van der Waals surface area contributed by atoms with Gasteiger partial charge in [-0.15, -0.1) is 0 Å². The van der Waals surface area contributed by atoms with Crippen LogP contribution in [0.2, 0.25) is 0 Å². The first-order valence-electron chi connectivity index (χ1n) is 9.32. The largest absolute Gasteiger partial charge is 0.497 e. The Labute approximate surface area is 173 Å². The zero-order valence-electron chi connectivity index (χ0n) is 16.9. The van der Waals surface area contributed by atoms with Crippen LogP contribution in [-0.4, -0.2) is 21.3 Å². The molecule has 0 amide bonds. The quantitative estimate of drug-likeness (QED) is 0.475. The summed E-state index contributed by atoms with van der Waals surface area (Å²) in [7, 11) is 4.78. The van der Waals surface area contributed by atoms with Crippen LogP contribution in [0.4, 0.5) is 11.4 Å². The number of hydrogen-bond acceptors (Lipinski definition) is 6. The van der Waals surface area contributed by atoms with Crippen LogP contribution in [0.15, 0.2) is 76.1 Å². The van der Waals surface area contributed by atoms with Crippen molar-refractivity contribution in [1.82, 2.24) is 0 Å². The maximum Gasteiger partial charge on any atom is 0.200 e. The first-order valence-corrected chi connectivity index (χ1v) is 9.32. The fourth-order valence-corrected chi connectivity index (χ4v) is 3.32. The van der Waals surface area contributed by atoms with Gasteiger partial charge in [0.15, 0.2) is 0 Å². The molecule has 1 N–H and O–H groups in total. The molecule has 3 aromatic carbocycles. The number of ether oxygens (including phenoxy) is 3. The molecule has 1 aromatic heterocycles. The lowest BCUT2D eigenvalue weighted by atomic mass is 10.0. The van der Waals surface area contributed by atoms with E-state index < -0.39 is 0 Å². The zero-order chi connectivity index (χ0) is 21.1. The van der Waals surface area contributed by atoms with Crippen molar-refractivity contribution in [3.63, 3.8) is 0 Å². The Morgan fingerprint density at radius 2 is 1.60 bits per heavy atom. The van der Waals surface area contributed by atoms with Crippen molar-refractivity contribution in [2.45, 2.75) is 0 Å². The molecule has 4 rings (SSSR count). The SMILES string of the molecule is COc1ccc(Nc2ccc3c(=O)c(-c4ccccc4OC)coc3c2)c(OC)c1. The normalized spacial score (nSPS) is 10.6. The smallest absolute Gasteiger partial charge is 0.200 e. The molecule has 30 heavy (non-hydrogen) atoms. The van der Waals surface area contributed by atoms with Gasteiger partial charge in [0.25, 0.3) is 0 Å². The highest BCUT2D eigenvalue weighted by Gasteiger charge is 2.14. The van der Waals surface area contributed by atoms with Crippen molar-refractivity contribution in [1.29, 1.82) is 0 Å². The molecular weight excluding hydrogens is 382 g/mol. The van der Waals surface area contributed by atoms with Crippen LogP contribution in [0.5, 0.6) is 17.2 Å². The van der Waals surface area contributed by atoms with E-state index in [2.05, 4.69) is 5.32 Å². The van der Waals surface area contributed by atoms with Crippen molar-refractivity contribution in [2.24, 2.45) is 0 Å². The summed E-state index contributed by atoms with van der Waals surface area (Å²) in [6.07, 6.45) is 1.47. The topological polar surface area (TPSA) is 69.9 Å². The van der Waals surface area contributed by atoms with Gasteiger partial charge in [0.2, 0.25) is 5.43 Å². The molecule has 0 fully saturated rings. The third-order valence-electron chi connectivity index (χ3n) is 4.86. The van der Waals surface area contributed by atoms with Gasteiger partial charge in [-0.05, 0) is 30.3 Å². The average Bonchev–Trinajstić information content (AvgIpc) is 2.79. The van der Waals surface area contributed by atoms with Gasteiger partial charge >= 0.3 is 0 Å². The molecule has 6 heteroatoms. The number of fused-ring (bicyclic) bond motifs is 1. The van der Waals surface area contributed by atoms with Crippen molar-refractivity contribution < 1.29 is 18.6 Å². The molecule has 152 valence electrons. The minimum atomic E-state index is -0.116. The predicted molar refractivity (Wildman–Crippen MR) is 117 cm³/mol. The minimum absolute atomic E-state index is 0.116. The van der Waals surface area contributed by atoms with Crippen molar-refractivity contribution in [2.75, 3.05) is 26.6 Å². The fraction of sp³-hybridized carbons (Fsp3) is 0.125. The van der Waals surface area contributed by atoms with E-state index in [1.807, 2.05) is 42.5 Å². The van der Waals surface area contributed by atoms with Gasteiger partial charge in [-0.1, -0.05) is 18.2 Å². The van der Waals surface area contributed by atoms with E-state index in [-0.39, 0.29) is 5.43 Å². The lowest BCUT2D eigenvalue weighted by molar-refractivity contribution is 0.395. The minimum Gasteiger partial charge on any atom is -0.497 e. The Balaban J connectivity index is 1.72. The Hall–Kier alpha value is -3.93. The van der Waals surface area contributed by atoms with E-state index in [1.165, 1.54) is 6.26 Å². The lowest BCUT2D eigenvalue weighted by Crippen LogP contribution is -2.06. The number of nitrogens with one attached hydrogen (secondary N) is 1. The Morgan fingerprint density at radius 1 is 0.800 bits per heavy atom. The first-order chi connectivity index (χ1) is 14.6. The number of anilines is 2. The summed E-state index contributed by atoms with van der Waals surface area (Å²) < 4.78 is 21.8. The maximum atomic E-state index is 13.1. The van der Waals surface area contributed by atoms with E-state index >= 15 is 0 Å². The predicted octanol–water partition coefficient (Wildman–Crippen LogP) is 5.23. The van der Waals surface area contributed by atoms with Gasteiger partial charge in [0.05, 0.1) is 38.0 Å². The van der Waals surface area contributed by atoms with Crippen LogP contribution in [0.1, 0.15) is 0 Å². The second-order valence-corrected chi connectivity index (χ2v) is 6.58. The summed E-state index contributed by atoms with van der Waals surface area (Å²) in [6.45, 7) is 0. The molecule has 0 saturated heterocycles. The van der Waals surface area contributed by atoms with E-state index in [1.54, 1.807) is 39.5 Å². The van der Waals surface area contributed by atoms with E-state index in [0.29, 0.717) is 39.3 Å². The molecule has 0 saturated carbocycles. The highest BCUT2D eigenvalue weighted by Crippen LogP contribution is 2.33. The number of para-hydroxylation sites is 1. The van der Waals surface area contributed by atoms with Gasteiger partial charge in [-0.2, -0.15) is 0 Å². The molecule has 0 aliphatic rings. The summed E-state index contributed by atoms with van der Waals surface area (Å²) in [6, 6.07) is 18.2. The molecule has 0 spiro atoms. The molecule has 0 aliphatic heterocycles. The molecule has 0 atom stereocenters. The summed E-state index contributed by atoms with van der Waals surface area (Å²) in [5.41, 5.74) is 3.05. The van der Waals surface area contributed by atoms with Crippen molar-refractivity contribution in [3.8, 4) is 28.4 Å². The van der Waals surface area contributed by atoms with Crippen LogP contribution in [-0.2, 0) is 0 Å². The average molecular weight is 403 g/mol. The molecule has 6 nitrogen and oxygen atoms in total. The Kier molecular flexibility index (Phi) is 5.30. The summed E-state index contributed by atoms with van der Waals surface area (Å²) in [4.78, 5) is 13.1. The monoisotopic (exact) mass is 403 g/mol. The van der Waals surface area contributed by atoms with E-state index in [4.69, 9.17) is 18.6 Å². The summed E-state index contributed by atoms with van der Waals surface area (Å²) in [5, 5.41) is 3.78. The number of benzene rings is 3. The standard InChI is InChI=1S/C24H21NO5/c1-27-16-9-11-20(23(13-16)29-3)25-15-8-10-18-22(12-15)30-14-19(24(18)26)17-6-4-5-7-21(17)28-2/h4-14,25H,1-3H3. The first kappa shape index (κ1) is 19.4. The van der Waals surface area contributed by atoms with Crippen LogP contribution < -0.4 is 25.0 Å². The summed E-state index contributed by atoms with van der Waals surface area (Å²) >= 11 is 0. The van der Waals surface area contributed by atoms with Crippen LogP contribution in [0.3, 0.4) is 0 Å². The summed E-state index contributed by atoms with van der Waals surface area (Å²) in [5.74, 6) is 1.96. The number of rotatable bonds is 6.